The first-order valence-electron chi connectivity index (χ1n) is 11.0. The first-order valence-corrected chi connectivity index (χ1v) is 11.8. The minimum Gasteiger partial charge on any atom is -0.493 e. The molecule has 1 saturated heterocycles. The van der Waals surface area contributed by atoms with Crippen LogP contribution in [-0.2, 0) is 6.54 Å². The van der Waals surface area contributed by atoms with E-state index in [9.17, 15) is 0 Å². The maximum Gasteiger partial charge on any atom is 0.218 e. The van der Waals surface area contributed by atoms with E-state index >= 15 is 0 Å². The van der Waals surface area contributed by atoms with Crippen molar-refractivity contribution in [2.24, 2.45) is 0 Å². The van der Waals surface area contributed by atoms with Crippen molar-refractivity contribution in [2.45, 2.75) is 6.54 Å². The van der Waals surface area contributed by atoms with Gasteiger partial charge < -0.3 is 24.6 Å². The van der Waals surface area contributed by atoms with Gasteiger partial charge in [-0.25, -0.2) is 0 Å². The van der Waals surface area contributed by atoms with Crippen molar-refractivity contribution in [1.82, 2.24) is 19.7 Å². The van der Waals surface area contributed by atoms with Crippen LogP contribution < -0.4 is 19.7 Å². The molecular weight excluding hydrogens is 436 g/mol. The van der Waals surface area contributed by atoms with Crippen molar-refractivity contribution in [3.63, 3.8) is 0 Å². The van der Waals surface area contributed by atoms with Gasteiger partial charge in [0.25, 0.3) is 0 Å². The van der Waals surface area contributed by atoms with Gasteiger partial charge in [-0.2, -0.15) is 0 Å². The summed E-state index contributed by atoms with van der Waals surface area (Å²) in [4.78, 5) is 4.67. The van der Waals surface area contributed by atoms with Crippen LogP contribution in [0.15, 0.2) is 48.5 Å². The molecule has 0 spiro atoms. The van der Waals surface area contributed by atoms with E-state index in [1.807, 2.05) is 18.2 Å². The highest BCUT2D eigenvalue weighted by Gasteiger charge is 2.20. The smallest absolute Gasteiger partial charge is 0.218 e. The lowest BCUT2D eigenvalue weighted by Crippen LogP contribution is -2.44. The number of rotatable bonds is 7. The Kier molecular flexibility index (Phi) is 6.06. The van der Waals surface area contributed by atoms with Gasteiger partial charge in [-0.1, -0.05) is 29.5 Å². The fourth-order valence-electron chi connectivity index (χ4n) is 4.13. The molecule has 172 valence electrons. The van der Waals surface area contributed by atoms with Gasteiger partial charge in [0.05, 0.1) is 26.3 Å². The molecule has 0 bridgehead atoms. The molecule has 1 N–H and O–H groups in total. The second kappa shape index (κ2) is 9.29. The number of nitrogens with zero attached hydrogens (tertiary/aromatic N) is 5. The summed E-state index contributed by atoms with van der Waals surface area (Å²) in [6.45, 7) is 4.67. The Morgan fingerprint density at radius 2 is 1.67 bits per heavy atom. The van der Waals surface area contributed by atoms with Gasteiger partial charge in [0.1, 0.15) is 0 Å². The Balaban J connectivity index is 1.44. The number of hydrogen-bond donors (Lipinski definition) is 1. The highest BCUT2D eigenvalue weighted by Crippen LogP contribution is 2.32. The molecule has 0 aliphatic carbocycles. The molecule has 0 radical (unpaired) electrons. The third kappa shape index (κ3) is 4.34. The number of nitrogens with one attached hydrogen (secondary N) is 1. The fraction of sp³-hybridized carbons (Fsp3) is 0.333. The zero-order chi connectivity index (χ0) is 22.8. The van der Waals surface area contributed by atoms with E-state index < -0.39 is 0 Å². The Hall–Kier alpha value is -3.30. The van der Waals surface area contributed by atoms with Gasteiger partial charge in [-0.05, 0) is 31.3 Å². The summed E-state index contributed by atoms with van der Waals surface area (Å²) in [5, 5.41) is 15.7. The lowest BCUT2D eigenvalue weighted by atomic mass is 10.2. The number of benzene rings is 2. The summed E-state index contributed by atoms with van der Waals surface area (Å²) in [5.74, 6) is 1.41. The van der Waals surface area contributed by atoms with Crippen LogP contribution >= 0.6 is 11.3 Å². The molecule has 1 aliphatic rings. The zero-order valence-electron chi connectivity index (χ0n) is 19.1. The summed E-state index contributed by atoms with van der Waals surface area (Å²) in [6.07, 6.45) is 0. The molecule has 1 fully saturated rings. The first-order chi connectivity index (χ1) is 16.2. The van der Waals surface area contributed by atoms with Crippen molar-refractivity contribution < 1.29 is 9.47 Å². The van der Waals surface area contributed by atoms with Crippen LogP contribution in [0.3, 0.4) is 0 Å². The second-order valence-electron chi connectivity index (χ2n) is 8.11. The number of fused-ring (bicyclic) bond motifs is 1. The monoisotopic (exact) mass is 464 g/mol. The molecule has 0 unspecified atom stereocenters. The lowest BCUT2D eigenvalue weighted by Gasteiger charge is -2.31. The molecule has 2 aromatic heterocycles. The van der Waals surface area contributed by atoms with Gasteiger partial charge in [-0.15, -0.1) is 10.2 Å². The number of ether oxygens (including phenoxy) is 2. The predicted octanol–water partition coefficient (Wildman–Crippen LogP) is 3.86. The number of likely N-dealkylation sites (N-methyl/N-ethyl adjacent to an activating group) is 1. The molecule has 5 rings (SSSR count). The van der Waals surface area contributed by atoms with E-state index in [4.69, 9.17) is 9.47 Å². The van der Waals surface area contributed by atoms with Gasteiger partial charge in [0.2, 0.25) is 10.3 Å². The molecule has 33 heavy (non-hydrogen) atoms. The Labute approximate surface area is 197 Å². The number of para-hydroxylation sites is 1. The van der Waals surface area contributed by atoms with Crippen LogP contribution in [0.5, 0.6) is 11.5 Å². The fourth-order valence-corrected chi connectivity index (χ4v) is 5.08. The summed E-state index contributed by atoms with van der Waals surface area (Å²) < 4.78 is 13.0. The van der Waals surface area contributed by atoms with E-state index in [0.717, 1.165) is 53.3 Å². The Morgan fingerprint density at radius 1 is 0.909 bits per heavy atom. The van der Waals surface area contributed by atoms with Crippen molar-refractivity contribution in [3.8, 4) is 16.6 Å². The van der Waals surface area contributed by atoms with Crippen LogP contribution in [0, 0.1) is 0 Å². The molecular formula is C24H28N6O2S. The molecule has 0 atom stereocenters. The SMILES string of the molecule is COc1ccc(NCc2cc3ccccc3n2-c2nnc(N3CCN(C)CC3)s2)cc1OC. The number of methoxy groups -OCH3 is 2. The van der Waals surface area contributed by atoms with Gasteiger partial charge in [0, 0.05) is 49.0 Å². The van der Waals surface area contributed by atoms with Crippen LogP contribution in [0.4, 0.5) is 10.8 Å². The van der Waals surface area contributed by atoms with Gasteiger partial charge in [-0.3, -0.25) is 4.57 Å². The van der Waals surface area contributed by atoms with Crippen molar-refractivity contribution in [3.05, 3.63) is 54.2 Å². The second-order valence-corrected chi connectivity index (χ2v) is 9.05. The maximum absolute atomic E-state index is 5.44. The van der Waals surface area contributed by atoms with Crippen molar-refractivity contribution >= 4 is 33.1 Å². The zero-order valence-corrected chi connectivity index (χ0v) is 19.9. The average Bonchev–Trinajstić information content (AvgIpc) is 3.47. The maximum atomic E-state index is 5.44. The predicted molar refractivity (Wildman–Crippen MR) is 133 cm³/mol. The Bertz CT molecular complexity index is 1240. The quantitative estimate of drug-likeness (QED) is 0.445. The van der Waals surface area contributed by atoms with Gasteiger partial charge >= 0.3 is 0 Å². The normalized spacial score (nSPS) is 14.6. The largest absolute Gasteiger partial charge is 0.493 e. The summed E-state index contributed by atoms with van der Waals surface area (Å²) >= 11 is 1.64. The molecule has 0 amide bonds. The molecule has 4 aromatic rings. The third-order valence-corrected chi connectivity index (χ3v) is 6.98. The highest BCUT2D eigenvalue weighted by molar-refractivity contribution is 7.17. The third-order valence-electron chi connectivity index (χ3n) is 6.01. The van der Waals surface area contributed by atoms with Crippen LogP contribution in [-0.4, -0.2) is 67.1 Å². The van der Waals surface area contributed by atoms with Crippen LogP contribution in [0.1, 0.15) is 5.69 Å². The molecule has 1 aliphatic heterocycles. The molecule has 8 nitrogen and oxygen atoms in total. The number of aromatic nitrogens is 3. The topological polar surface area (TPSA) is 67.7 Å². The Morgan fingerprint density at radius 3 is 2.45 bits per heavy atom. The molecule has 9 heteroatoms. The first kappa shape index (κ1) is 21.5. The van der Waals surface area contributed by atoms with Crippen molar-refractivity contribution in [1.29, 1.82) is 0 Å². The summed E-state index contributed by atoms with van der Waals surface area (Å²) in [5.41, 5.74) is 3.20. The van der Waals surface area contributed by atoms with E-state index in [1.54, 1.807) is 25.6 Å². The van der Waals surface area contributed by atoms with Crippen LogP contribution in [0.2, 0.25) is 0 Å². The lowest BCUT2D eigenvalue weighted by molar-refractivity contribution is 0.312. The number of hydrogen-bond acceptors (Lipinski definition) is 8. The minimum absolute atomic E-state index is 0.633. The molecule has 0 saturated carbocycles. The van der Waals surface area contributed by atoms with E-state index in [0.29, 0.717) is 18.0 Å². The average molecular weight is 465 g/mol. The van der Waals surface area contributed by atoms with E-state index in [-0.39, 0.29) is 0 Å². The number of anilines is 2. The highest BCUT2D eigenvalue weighted by atomic mass is 32.1. The minimum atomic E-state index is 0.633. The number of piperazine rings is 1. The van der Waals surface area contributed by atoms with E-state index in [2.05, 4.69) is 67.3 Å². The van der Waals surface area contributed by atoms with Gasteiger partial charge in [0.15, 0.2) is 11.5 Å². The van der Waals surface area contributed by atoms with Crippen molar-refractivity contribution in [2.75, 3.05) is 57.7 Å². The molecule has 2 aromatic carbocycles. The summed E-state index contributed by atoms with van der Waals surface area (Å²) in [7, 11) is 5.45. The van der Waals surface area contributed by atoms with E-state index in [1.165, 1.54) is 5.39 Å². The van der Waals surface area contributed by atoms with Crippen LogP contribution in [0.25, 0.3) is 16.0 Å². The summed E-state index contributed by atoms with van der Waals surface area (Å²) in [6, 6.07) is 16.4. The molecule has 3 heterocycles. The standard InChI is InChI=1S/C24H28N6O2S/c1-28-10-12-29(13-11-28)23-26-27-24(33-23)30-19(14-17-6-4-5-7-20(17)30)16-25-18-8-9-21(31-2)22(15-18)32-3/h4-9,14-15,25H,10-13,16H2,1-3H3.